The van der Waals surface area contributed by atoms with E-state index in [4.69, 9.17) is 47.0 Å². The summed E-state index contributed by atoms with van der Waals surface area (Å²) in [5, 5.41) is 46.6. The number of carbonyl (C=O) groups excluding carboxylic acids is 17. The van der Waals surface area contributed by atoms with Gasteiger partial charge in [-0.3, -0.25) is 81.5 Å². The van der Waals surface area contributed by atoms with Gasteiger partial charge in [0, 0.05) is 84.8 Å². The number of unbranched alkanes of at least 4 members (excludes halogenated alkanes) is 2. The van der Waals surface area contributed by atoms with Crippen LogP contribution in [0.5, 0.6) is 0 Å². The molecule has 1 heterocycles. The van der Waals surface area contributed by atoms with E-state index in [0.29, 0.717) is 39.7 Å². The van der Waals surface area contributed by atoms with Crippen molar-refractivity contribution in [2.24, 2.45) is 28.7 Å². The third kappa shape index (κ3) is 32.4. The van der Waals surface area contributed by atoms with Crippen LogP contribution in [0.1, 0.15) is 143 Å². The number of nitrogens with one attached hydrogen (secondary N) is 14. The van der Waals surface area contributed by atoms with E-state index in [0.717, 1.165) is 24.6 Å². The number of aromatic nitrogens is 1. The zero-order valence-corrected chi connectivity index (χ0v) is 70.1. The Hall–Kier alpha value is -11.9. The number of aliphatic hydroxyl groups excluding tert-OH is 1. The van der Waals surface area contributed by atoms with E-state index >= 15 is 28.8 Å². The highest BCUT2D eigenvalue weighted by atomic mass is 32.1. The van der Waals surface area contributed by atoms with Crippen molar-refractivity contribution in [3.05, 3.63) is 114 Å². The van der Waals surface area contributed by atoms with E-state index in [2.05, 4.69) is 86.7 Å². The number of aliphatic hydroxyl groups is 1. The van der Waals surface area contributed by atoms with Crippen molar-refractivity contribution < 1.29 is 86.6 Å². The summed E-state index contributed by atoms with van der Waals surface area (Å²) in [6.45, 7) is 10.4. The van der Waals surface area contributed by atoms with E-state index in [1.807, 2.05) is 18.2 Å². The predicted octanol–water partition coefficient (Wildman–Crippen LogP) is -3.09. The number of primary amides is 4. The zero-order valence-electron chi connectivity index (χ0n) is 68.4. The Labute approximate surface area is 705 Å². The lowest BCUT2D eigenvalue weighted by Crippen LogP contribution is -2.65. The van der Waals surface area contributed by atoms with Crippen molar-refractivity contribution in [2.75, 3.05) is 25.4 Å². The second kappa shape index (κ2) is 46.4. The number of carbonyl (C=O) groups is 17. The number of aromatic amines is 1. The molecule has 12 atom stereocenters. The van der Waals surface area contributed by atoms with Crippen LogP contribution in [0.2, 0.25) is 0 Å². The Bertz CT molecular complexity index is 4510. The summed E-state index contributed by atoms with van der Waals surface area (Å²) in [5.74, 6) is -16.3. The molecule has 0 bridgehead atoms. The molecule has 654 valence electrons. The Morgan fingerprint density at radius 1 is 0.458 bits per heavy atom. The minimum atomic E-state index is -1.97. The van der Waals surface area contributed by atoms with Crippen molar-refractivity contribution >= 4 is 153 Å². The third-order valence-corrected chi connectivity index (χ3v) is 19.9. The molecule has 5 aromatic rings. The Morgan fingerprint density at radius 3 is 1.52 bits per heavy atom. The molecule has 0 fully saturated rings. The monoisotopic (exact) mass is 1710 g/mol. The molecular formula is C80H114N20O18S2. The second-order valence-corrected chi connectivity index (χ2v) is 33.1. The van der Waals surface area contributed by atoms with Crippen LogP contribution >= 0.6 is 25.3 Å². The Kier molecular flexibility index (Phi) is 38.2. The van der Waals surface area contributed by atoms with E-state index in [1.54, 1.807) is 66.9 Å². The molecule has 4 aromatic carbocycles. The summed E-state index contributed by atoms with van der Waals surface area (Å²) < 4.78 is -2.83. The van der Waals surface area contributed by atoms with Crippen molar-refractivity contribution in [3.63, 3.8) is 0 Å². The molecule has 27 N–H and O–H groups in total. The molecule has 0 aliphatic carbocycles. The van der Waals surface area contributed by atoms with Gasteiger partial charge in [0.05, 0.1) is 19.1 Å². The lowest BCUT2D eigenvalue weighted by Gasteiger charge is -2.34. The van der Waals surface area contributed by atoms with Crippen LogP contribution < -0.4 is 104 Å². The molecule has 1 aromatic heterocycles. The molecule has 38 nitrogen and oxygen atoms in total. The topological polar surface area (TPSA) is 639 Å². The maximum absolute atomic E-state index is 15.5. The molecule has 0 saturated carbocycles. The summed E-state index contributed by atoms with van der Waals surface area (Å²) >= 11 is 9.18. The standard InChI is InChI=1S/C80H114N20O18S2/c1-42(101)64(98-69(110)54(28-30-60(83)104)92-75(116)65(78(4,5)119)90-44(3)103)74(115)95-58(38-49-40-88-52-20-12-11-19-51(49)52)72(113)91-55(29-31-61(84)105)70(111)99-66(79(6,7)120)76(117)96-56(36-45-23-26-50(82)27-24-45)71(112)93-57(37-46-22-25-47-17-9-10-18-48(47)35-46)73(114)100-80(8,32-14-15-33-81)77(118)97-53(21-13-16-34-87-43(2)102)68(109)94-59(39-62(85)106)67(108)89-41-63(86)107/h9-12,17-20,22-27,35,40,42,53-59,64-66,88,101,119-120H,13-16,21,28-34,36-39,41,81-82H2,1-8H3,(H2,83,104)(H2,84,105)(H2,85,106)(H2,86,107)(H,87,102)(H,89,108)(H,90,103)(H,91,113)(H,92,116)(H,93,112)(H,94,109)(H,95,115)(H,96,117)(H,97,118)(H,98,110)(H,99,111)(H,100,114)/t42-,53+,54+,55+,56+,57+,58+,59+,64+,65-,66-,80+/m1/s1. The molecule has 0 radical (unpaired) electrons. The number of para-hydroxylation sites is 1. The molecule has 0 saturated heterocycles. The molecule has 0 unspecified atom stereocenters. The molecule has 0 aliphatic rings. The maximum atomic E-state index is 15.5. The summed E-state index contributed by atoms with van der Waals surface area (Å²) in [6.07, 6.45) is -3.32. The van der Waals surface area contributed by atoms with Gasteiger partial charge in [-0.05, 0) is 145 Å². The van der Waals surface area contributed by atoms with E-state index in [-0.39, 0.29) is 70.4 Å². The quantitative estimate of drug-likeness (QED) is 0.0104. The normalized spacial score (nSPS) is 14.7. The van der Waals surface area contributed by atoms with Gasteiger partial charge in [-0.1, -0.05) is 72.8 Å². The number of amides is 17. The highest BCUT2D eigenvalue weighted by Crippen LogP contribution is 2.25. The fourth-order valence-corrected chi connectivity index (χ4v) is 13.2. The number of nitrogens with two attached hydrogens (primary N) is 6. The average molecular weight is 1710 g/mol. The molecule has 40 heteroatoms. The number of fused-ring (bicyclic) bond motifs is 2. The van der Waals surface area contributed by atoms with Gasteiger partial charge in [0.2, 0.25) is 100 Å². The van der Waals surface area contributed by atoms with E-state index in [9.17, 15) is 57.8 Å². The minimum Gasteiger partial charge on any atom is -0.399 e. The fourth-order valence-electron chi connectivity index (χ4n) is 12.8. The Balaban J connectivity index is 1.55. The van der Waals surface area contributed by atoms with Crippen LogP contribution in [-0.4, -0.2) is 212 Å². The number of hydrogen-bond acceptors (Lipinski definition) is 22. The largest absolute Gasteiger partial charge is 0.399 e. The highest BCUT2D eigenvalue weighted by Gasteiger charge is 2.44. The minimum absolute atomic E-state index is 0.138. The van der Waals surface area contributed by atoms with Crippen molar-refractivity contribution in [1.29, 1.82) is 0 Å². The van der Waals surface area contributed by atoms with Crippen molar-refractivity contribution in [2.45, 2.75) is 227 Å². The molecule has 120 heavy (non-hydrogen) atoms. The first-order valence-corrected chi connectivity index (χ1v) is 39.9. The number of thiol groups is 2. The summed E-state index contributed by atoms with van der Waals surface area (Å²) in [7, 11) is 0. The van der Waals surface area contributed by atoms with Gasteiger partial charge < -0.3 is 114 Å². The summed E-state index contributed by atoms with van der Waals surface area (Å²) in [4.78, 5) is 237. The third-order valence-electron chi connectivity index (χ3n) is 19.4. The van der Waals surface area contributed by atoms with Crippen LogP contribution in [0.15, 0.2) is 97.2 Å². The van der Waals surface area contributed by atoms with Crippen LogP contribution in [0, 0.1) is 0 Å². The number of hydrogen-bond donors (Lipinski definition) is 23. The van der Waals surface area contributed by atoms with Gasteiger partial charge in [0.25, 0.3) is 0 Å². The molecule has 5 rings (SSSR count). The van der Waals surface area contributed by atoms with Gasteiger partial charge in [-0.2, -0.15) is 25.3 Å². The van der Waals surface area contributed by atoms with E-state index in [1.165, 1.54) is 53.7 Å². The van der Waals surface area contributed by atoms with Gasteiger partial charge in [0.15, 0.2) is 0 Å². The number of rotatable bonds is 50. The van der Waals surface area contributed by atoms with Crippen LogP contribution in [-0.2, 0) is 101 Å². The molecule has 17 amide bonds. The average Bonchev–Trinajstić information content (AvgIpc) is 1.49. The summed E-state index contributed by atoms with van der Waals surface area (Å²) in [5.41, 5.74) is 34.1. The molecule has 0 spiro atoms. The summed E-state index contributed by atoms with van der Waals surface area (Å²) in [6, 6.07) is 8.84. The fraction of sp³-hybridized carbons (Fsp3) is 0.487. The number of anilines is 1. The first-order chi connectivity index (χ1) is 56.3. The maximum Gasteiger partial charge on any atom is 0.246 e. The number of H-pyrrole nitrogens is 1. The van der Waals surface area contributed by atoms with E-state index < -0.39 is 215 Å². The van der Waals surface area contributed by atoms with Crippen LogP contribution in [0.4, 0.5) is 5.69 Å². The smallest absolute Gasteiger partial charge is 0.246 e. The van der Waals surface area contributed by atoms with Gasteiger partial charge >= 0.3 is 0 Å². The number of nitrogen functional groups attached to an aromatic ring is 1. The first-order valence-electron chi connectivity index (χ1n) is 39.0. The highest BCUT2D eigenvalue weighted by molar-refractivity contribution is 7.82. The van der Waals surface area contributed by atoms with Crippen LogP contribution in [0.25, 0.3) is 21.7 Å². The SMILES string of the molecule is CC(=O)NCCCC[C@H](NC(=O)[C@](C)(CCCCN)NC(=O)[C@H](Cc1ccc2ccccc2c1)NC(=O)[C@H](Cc1ccc(N)cc1)NC(=O)[C@@H](NC(=O)[C@H](CCC(N)=O)NC(=O)[C@H](Cc1c[nH]c2ccccc12)NC(=O)[C@@H](NC(=O)[C@H](CCC(N)=O)NC(=O)[C@@H](NC(C)=O)C(C)(C)S)[C@@H](C)O)C(C)(C)S)C(=O)N[C@@H](CC(N)=O)C(=O)NCC(N)=O. The molecule has 0 aliphatic heterocycles. The lowest BCUT2D eigenvalue weighted by atomic mass is 9.91. The molecular weight excluding hydrogens is 1590 g/mol. The Morgan fingerprint density at radius 2 is 0.950 bits per heavy atom. The van der Waals surface area contributed by atoms with Crippen molar-refractivity contribution in [3.8, 4) is 0 Å². The first kappa shape index (κ1) is 98.7. The zero-order chi connectivity index (χ0) is 89.5. The van der Waals surface area contributed by atoms with Crippen molar-refractivity contribution in [1.82, 2.24) is 74.1 Å². The lowest BCUT2D eigenvalue weighted by molar-refractivity contribution is -0.138. The van der Waals surface area contributed by atoms with Gasteiger partial charge in [-0.15, -0.1) is 0 Å². The second-order valence-electron chi connectivity index (χ2n) is 30.8. The van der Waals surface area contributed by atoms with Gasteiger partial charge in [0.1, 0.15) is 66.0 Å². The predicted molar refractivity (Wildman–Crippen MR) is 452 cm³/mol. The number of benzene rings is 4. The van der Waals surface area contributed by atoms with Crippen LogP contribution in [0.3, 0.4) is 0 Å². The van der Waals surface area contributed by atoms with Gasteiger partial charge in [-0.25, -0.2) is 0 Å².